The van der Waals surface area contributed by atoms with Gasteiger partial charge in [0.2, 0.25) is 0 Å². The van der Waals surface area contributed by atoms with Gasteiger partial charge in [-0.2, -0.15) is 0 Å². The molecule has 0 spiro atoms. The second kappa shape index (κ2) is 4.05. The zero-order valence-corrected chi connectivity index (χ0v) is 4.48. The van der Waals surface area contributed by atoms with Crippen LogP contribution in [-0.4, -0.2) is 19.9 Å². The van der Waals surface area contributed by atoms with E-state index >= 15 is 0 Å². The summed E-state index contributed by atoms with van der Waals surface area (Å²) in [5.74, 6) is 0. The van der Waals surface area contributed by atoms with E-state index in [0.717, 1.165) is 0 Å². The van der Waals surface area contributed by atoms with Gasteiger partial charge in [0.25, 0.3) is 0 Å². The number of rotatable bonds is 3. The minimum atomic E-state index is -0.238. The van der Waals surface area contributed by atoms with E-state index in [1.165, 1.54) is 0 Å². The maximum Gasteiger partial charge on any atom is 0.106 e. The molecule has 0 aliphatic rings. The summed E-state index contributed by atoms with van der Waals surface area (Å²) in [6.07, 6.45) is 0.383. The summed E-state index contributed by atoms with van der Waals surface area (Å²) in [5, 5.41) is 0. The lowest BCUT2D eigenvalue weighted by Crippen LogP contribution is -2.23. The molecule has 0 saturated carbocycles. The molecule has 3 N–H and O–H groups in total. The van der Waals surface area contributed by atoms with Gasteiger partial charge in [-0.3, -0.25) is 5.73 Å². The fourth-order valence-electron chi connectivity index (χ4n) is 0.260. The fourth-order valence-corrected chi connectivity index (χ4v) is 0.260. The smallest absolute Gasteiger partial charge is 0.106 e. The summed E-state index contributed by atoms with van der Waals surface area (Å²) >= 11 is 0. The molecule has 0 aromatic rings. The zero-order chi connectivity index (χ0) is 5.70. The Labute approximate surface area is 43.6 Å². The average molecular weight is 103 g/mol. The molecule has 3 nitrogen and oxygen atoms in total. The molecule has 1 atom stereocenters. The number of nitrogens with one attached hydrogen (secondary N) is 1. The highest BCUT2D eigenvalue weighted by atomic mass is 16.5. The molecule has 0 aromatic heterocycles. The van der Waals surface area contributed by atoms with Crippen molar-refractivity contribution < 1.29 is 4.74 Å². The van der Waals surface area contributed by atoms with E-state index in [0.29, 0.717) is 13.0 Å². The maximum absolute atomic E-state index is 6.68. The predicted molar refractivity (Wildman–Crippen MR) is 27.6 cm³/mol. The highest BCUT2D eigenvalue weighted by Crippen LogP contribution is 1.82. The number of hydrogen-bond acceptors (Lipinski definition) is 2. The van der Waals surface area contributed by atoms with E-state index in [2.05, 4.69) is 4.74 Å². The van der Waals surface area contributed by atoms with Crippen molar-refractivity contribution in [1.82, 2.24) is 5.73 Å². The van der Waals surface area contributed by atoms with Crippen LogP contribution in [0.5, 0.6) is 0 Å². The maximum atomic E-state index is 6.68. The zero-order valence-electron chi connectivity index (χ0n) is 4.48. The van der Waals surface area contributed by atoms with Crippen LogP contribution in [0.1, 0.15) is 6.42 Å². The molecule has 0 amide bonds. The predicted octanol–water partition coefficient (Wildman–Crippen LogP) is -0.409. The third-order valence-corrected chi connectivity index (χ3v) is 0.732. The Kier molecular flexibility index (Phi) is 3.98. The van der Waals surface area contributed by atoms with Crippen molar-refractivity contribution in [2.75, 3.05) is 13.7 Å². The molecule has 1 radical (unpaired) electrons. The summed E-state index contributed by atoms with van der Waals surface area (Å²) in [7, 11) is 1.54. The van der Waals surface area contributed by atoms with Crippen LogP contribution in [0.25, 0.3) is 0 Å². The normalized spacial score (nSPS) is 14.1. The van der Waals surface area contributed by atoms with Crippen LogP contribution in [0.3, 0.4) is 0 Å². The summed E-state index contributed by atoms with van der Waals surface area (Å²) < 4.78 is 4.65. The van der Waals surface area contributed by atoms with Gasteiger partial charge < -0.3 is 10.5 Å². The lowest BCUT2D eigenvalue weighted by molar-refractivity contribution is 0.103. The molecular formula is C4H11N2O. The molecule has 0 fully saturated rings. The summed E-state index contributed by atoms with van der Waals surface area (Å²) in [6, 6.07) is 0. The number of nitrogens with two attached hydrogens (primary N) is 1. The molecule has 3 heteroatoms. The van der Waals surface area contributed by atoms with Gasteiger partial charge in [-0.05, 0) is 0 Å². The SMILES string of the molecule is COC(N)CC[NH]. The Morgan fingerprint density at radius 3 is 2.57 bits per heavy atom. The van der Waals surface area contributed by atoms with Gasteiger partial charge in [0.1, 0.15) is 6.23 Å². The van der Waals surface area contributed by atoms with Gasteiger partial charge in [-0.15, -0.1) is 0 Å². The summed E-state index contributed by atoms with van der Waals surface area (Å²) in [5.41, 5.74) is 11.9. The largest absolute Gasteiger partial charge is 0.367 e. The first-order valence-corrected chi connectivity index (χ1v) is 2.24. The van der Waals surface area contributed by atoms with Crippen LogP contribution < -0.4 is 11.5 Å². The minimum absolute atomic E-state index is 0.238. The summed E-state index contributed by atoms with van der Waals surface area (Å²) in [6.45, 7) is 0.342. The third-order valence-electron chi connectivity index (χ3n) is 0.732. The van der Waals surface area contributed by atoms with Gasteiger partial charge in [0, 0.05) is 20.1 Å². The molecule has 0 aromatic carbocycles. The highest BCUT2D eigenvalue weighted by molar-refractivity contribution is 4.44. The quantitative estimate of drug-likeness (QED) is 0.494. The molecule has 0 heterocycles. The van der Waals surface area contributed by atoms with Gasteiger partial charge in [-0.1, -0.05) is 0 Å². The fraction of sp³-hybridized carbons (Fsp3) is 1.00. The van der Waals surface area contributed by atoms with Crippen LogP contribution in [-0.2, 0) is 4.74 Å². The van der Waals surface area contributed by atoms with Crippen LogP contribution in [0.15, 0.2) is 0 Å². The first kappa shape index (κ1) is 6.88. The van der Waals surface area contributed by atoms with Crippen molar-refractivity contribution >= 4 is 0 Å². The molecule has 0 bridgehead atoms. The molecule has 0 aliphatic heterocycles. The van der Waals surface area contributed by atoms with Gasteiger partial charge in [-0.25, -0.2) is 0 Å². The Morgan fingerprint density at radius 2 is 2.43 bits per heavy atom. The third kappa shape index (κ3) is 3.72. The monoisotopic (exact) mass is 103 g/mol. The Bertz CT molecular complexity index is 40.7. The second-order valence-corrected chi connectivity index (χ2v) is 1.31. The minimum Gasteiger partial charge on any atom is -0.367 e. The molecule has 7 heavy (non-hydrogen) atoms. The van der Waals surface area contributed by atoms with Crippen molar-refractivity contribution in [2.45, 2.75) is 12.6 Å². The number of methoxy groups -OCH3 is 1. The molecule has 43 valence electrons. The highest BCUT2D eigenvalue weighted by Gasteiger charge is 1.93. The van der Waals surface area contributed by atoms with Crippen molar-refractivity contribution in [3.63, 3.8) is 0 Å². The topological polar surface area (TPSA) is 59.0 Å². The molecular weight excluding hydrogens is 92.1 g/mol. The van der Waals surface area contributed by atoms with Gasteiger partial charge >= 0.3 is 0 Å². The van der Waals surface area contributed by atoms with Crippen molar-refractivity contribution in [3.8, 4) is 0 Å². The van der Waals surface area contributed by atoms with Gasteiger partial charge in [0.15, 0.2) is 0 Å². The van der Waals surface area contributed by atoms with Gasteiger partial charge in [0.05, 0.1) is 0 Å². The van der Waals surface area contributed by atoms with E-state index in [1.54, 1.807) is 7.11 Å². The van der Waals surface area contributed by atoms with E-state index in [-0.39, 0.29) is 6.23 Å². The van der Waals surface area contributed by atoms with Crippen LogP contribution in [0.4, 0.5) is 0 Å². The van der Waals surface area contributed by atoms with Crippen LogP contribution >= 0.6 is 0 Å². The number of hydrogen-bond donors (Lipinski definition) is 1. The Hall–Kier alpha value is -0.120. The van der Waals surface area contributed by atoms with Crippen LogP contribution in [0, 0.1) is 0 Å². The Balaban J connectivity index is 2.83. The first-order valence-electron chi connectivity index (χ1n) is 2.24. The standard InChI is InChI=1S/C4H11N2O/c1-7-4(6)2-3-5/h4-5H,2-3,6H2,1H3. The van der Waals surface area contributed by atoms with E-state index in [9.17, 15) is 0 Å². The van der Waals surface area contributed by atoms with E-state index < -0.39 is 0 Å². The van der Waals surface area contributed by atoms with E-state index in [1.807, 2.05) is 0 Å². The lowest BCUT2D eigenvalue weighted by atomic mass is 10.4. The molecule has 0 rings (SSSR count). The first-order chi connectivity index (χ1) is 3.31. The molecule has 1 unspecified atom stereocenters. The summed E-state index contributed by atoms with van der Waals surface area (Å²) in [4.78, 5) is 0. The van der Waals surface area contributed by atoms with E-state index in [4.69, 9.17) is 11.5 Å². The second-order valence-electron chi connectivity index (χ2n) is 1.31. The molecule has 0 aliphatic carbocycles. The average Bonchev–Trinajstić information content (AvgIpc) is 1.68. The Morgan fingerprint density at radius 1 is 1.86 bits per heavy atom. The molecule has 0 saturated heterocycles. The van der Waals surface area contributed by atoms with Crippen LogP contribution in [0.2, 0.25) is 0 Å². The van der Waals surface area contributed by atoms with Crippen molar-refractivity contribution in [3.05, 3.63) is 0 Å². The number of ether oxygens (including phenoxy) is 1. The van der Waals surface area contributed by atoms with Crippen molar-refractivity contribution in [2.24, 2.45) is 5.73 Å². The van der Waals surface area contributed by atoms with Crippen molar-refractivity contribution in [1.29, 1.82) is 0 Å². The lowest BCUT2D eigenvalue weighted by Gasteiger charge is -2.04.